The molecule has 20 heavy (non-hydrogen) atoms. The highest BCUT2D eigenvalue weighted by Crippen LogP contribution is 2.24. The molecule has 2 aromatic heterocycles. The molecule has 0 N–H and O–H groups in total. The zero-order valence-electron chi connectivity index (χ0n) is 13.0. The monoisotopic (exact) mass is 269 g/mol. The number of imidazole rings is 2. The highest BCUT2D eigenvalue weighted by Gasteiger charge is 2.27. The van der Waals surface area contributed by atoms with Gasteiger partial charge in [0.2, 0.25) is 5.82 Å². The number of nitrogens with zero attached hydrogens (tertiary/aromatic N) is 4. The third kappa shape index (κ3) is 1.54. The van der Waals surface area contributed by atoms with Gasteiger partial charge in [0.1, 0.15) is 0 Å². The van der Waals surface area contributed by atoms with E-state index in [9.17, 15) is 0 Å². The Labute approximate surface area is 119 Å². The Bertz CT molecular complexity index is 821. The molecule has 0 spiro atoms. The van der Waals surface area contributed by atoms with Crippen LogP contribution in [0.2, 0.25) is 0 Å². The van der Waals surface area contributed by atoms with E-state index in [-0.39, 0.29) is 0 Å². The van der Waals surface area contributed by atoms with Gasteiger partial charge in [0, 0.05) is 18.3 Å². The minimum atomic E-state index is 1.01. The van der Waals surface area contributed by atoms with Crippen LogP contribution in [0.4, 0.5) is 0 Å². The fourth-order valence-corrected chi connectivity index (χ4v) is 3.01. The molecule has 0 unspecified atom stereocenters. The largest absolute Gasteiger partial charge is 0.326 e. The second-order valence-corrected chi connectivity index (χ2v) is 5.55. The Morgan fingerprint density at radius 1 is 1.05 bits per heavy atom. The lowest BCUT2D eigenvalue weighted by molar-refractivity contribution is -0.634. The molecule has 3 rings (SSSR count). The molecule has 4 heteroatoms. The summed E-state index contributed by atoms with van der Waals surface area (Å²) in [6.07, 6.45) is 0. The lowest BCUT2D eigenvalue weighted by Gasteiger charge is -2.01. The van der Waals surface area contributed by atoms with Gasteiger partial charge in [-0.3, -0.25) is 0 Å². The molecule has 0 aliphatic rings. The van der Waals surface area contributed by atoms with E-state index in [0.29, 0.717) is 0 Å². The first-order valence-corrected chi connectivity index (χ1v) is 6.87. The van der Waals surface area contributed by atoms with E-state index in [2.05, 4.69) is 73.8 Å². The summed E-state index contributed by atoms with van der Waals surface area (Å²) in [6, 6.07) is 6.42. The summed E-state index contributed by atoms with van der Waals surface area (Å²) in [7, 11) is 6.30. The number of rotatable bonds is 1. The van der Waals surface area contributed by atoms with Crippen LogP contribution in [-0.4, -0.2) is 14.1 Å². The van der Waals surface area contributed by atoms with Crippen molar-refractivity contribution in [2.45, 2.75) is 20.8 Å². The quantitative estimate of drug-likeness (QED) is 0.623. The predicted octanol–water partition coefficient (Wildman–Crippen LogP) is 2.33. The second kappa shape index (κ2) is 4.20. The van der Waals surface area contributed by atoms with Crippen LogP contribution >= 0.6 is 0 Å². The third-order valence-electron chi connectivity index (χ3n) is 4.37. The van der Waals surface area contributed by atoms with Gasteiger partial charge >= 0.3 is 5.82 Å². The number of benzene rings is 1. The van der Waals surface area contributed by atoms with Crippen molar-refractivity contribution in [3.05, 3.63) is 35.2 Å². The van der Waals surface area contributed by atoms with Crippen molar-refractivity contribution in [1.29, 1.82) is 0 Å². The Hall–Kier alpha value is -2.10. The summed E-state index contributed by atoms with van der Waals surface area (Å²) in [5.41, 5.74) is 6.09. The Morgan fingerprint density at radius 2 is 1.75 bits per heavy atom. The van der Waals surface area contributed by atoms with Crippen LogP contribution in [0, 0.1) is 20.8 Å². The van der Waals surface area contributed by atoms with Gasteiger partial charge in [-0.2, -0.15) is 0 Å². The minimum absolute atomic E-state index is 1.01. The van der Waals surface area contributed by atoms with Crippen LogP contribution in [0.5, 0.6) is 0 Å². The van der Waals surface area contributed by atoms with Crippen LogP contribution in [0.3, 0.4) is 0 Å². The zero-order chi connectivity index (χ0) is 14.6. The molecule has 0 bridgehead atoms. The van der Waals surface area contributed by atoms with Gasteiger partial charge in [-0.15, -0.1) is 0 Å². The maximum Gasteiger partial charge on any atom is 0.326 e. The van der Waals surface area contributed by atoms with E-state index in [1.165, 1.54) is 22.3 Å². The van der Waals surface area contributed by atoms with Gasteiger partial charge in [0.05, 0.1) is 19.8 Å². The average molecular weight is 269 g/mol. The van der Waals surface area contributed by atoms with Gasteiger partial charge in [-0.25, -0.2) is 14.1 Å². The number of hydrogen-bond donors (Lipinski definition) is 0. The molecule has 0 saturated heterocycles. The first-order valence-electron chi connectivity index (χ1n) is 6.87. The molecular formula is C16H21N4+. The van der Waals surface area contributed by atoms with Gasteiger partial charge in [0.15, 0.2) is 11.0 Å². The third-order valence-corrected chi connectivity index (χ3v) is 4.37. The first kappa shape index (κ1) is 12.9. The lowest BCUT2D eigenvalue weighted by atomic mass is 10.2. The first-order chi connectivity index (χ1) is 9.43. The van der Waals surface area contributed by atoms with Crippen LogP contribution < -0.4 is 4.57 Å². The van der Waals surface area contributed by atoms with E-state index in [4.69, 9.17) is 4.98 Å². The molecule has 0 aliphatic carbocycles. The number of aryl methyl sites for hydroxylation is 4. The van der Waals surface area contributed by atoms with Crippen molar-refractivity contribution in [1.82, 2.24) is 14.1 Å². The smallest absolute Gasteiger partial charge is 0.325 e. The van der Waals surface area contributed by atoms with E-state index in [1.807, 2.05) is 0 Å². The summed E-state index contributed by atoms with van der Waals surface area (Å²) < 4.78 is 6.63. The van der Waals surface area contributed by atoms with Crippen LogP contribution in [-0.2, 0) is 21.1 Å². The lowest BCUT2D eigenvalue weighted by Crippen LogP contribution is -2.31. The van der Waals surface area contributed by atoms with E-state index in [0.717, 1.165) is 17.3 Å². The fourth-order valence-electron chi connectivity index (χ4n) is 3.01. The molecule has 0 saturated carbocycles. The summed E-state index contributed by atoms with van der Waals surface area (Å²) in [6.45, 7) is 6.33. The van der Waals surface area contributed by atoms with Gasteiger partial charge in [0.25, 0.3) is 0 Å². The predicted molar refractivity (Wildman–Crippen MR) is 80.5 cm³/mol. The van der Waals surface area contributed by atoms with Gasteiger partial charge in [-0.05, 0) is 26.8 Å². The van der Waals surface area contributed by atoms with E-state index in [1.54, 1.807) is 0 Å². The summed E-state index contributed by atoms with van der Waals surface area (Å²) in [4.78, 5) is 4.75. The molecule has 0 fully saturated rings. The maximum absolute atomic E-state index is 4.75. The number of aromatic nitrogens is 4. The van der Waals surface area contributed by atoms with Crippen LogP contribution in [0.25, 0.3) is 22.7 Å². The van der Waals surface area contributed by atoms with E-state index >= 15 is 0 Å². The van der Waals surface area contributed by atoms with Crippen LogP contribution in [0.1, 0.15) is 17.0 Å². The maximum atomic E-state index is 4.75. The summed E-state index contributed by atoms with van der Waals surface area (Å²) in [5.74, 6) is 2.15. The number of fused-ring (bicyclic) bond motifs is 1. The van der Waals surface area contributed by atoms with Crippen molar-refractivity contribution in [3.63, 3.8) is 0 Å². The molecule has 0 aliphatic heterocycles. The molecule has 2 heterocycles. The van der Waals surface area contributed by atoms with Crippen molar-refractivity contribution < 1.29 is 4.57 Å². The number of hydrogen-bond acceptors (Lipinski definition) is 1. The minimum Gasteiger partial charge on any atom is -0.325 e. The van der Waals surface area contributed by atoms with E-state index < -0.39 is 0 Å². The highest BCUT2D eigenvalue weighted by atomic mass is 15.2. The zero-order valence-corrected chi connectivity index (χ0v) is 13.0. The highest BCUT2D eigenvalue weighted by molar-refractivity contribution is 5.78. The molecule has 104 valence electrons. The number of para-hydroxylation sites is 1. The van der Waals surface area contributed by atoms with Crippen molar-refractivity contribution in [3.8, 4) is 11.6 Å². The topological polar surface area (TPSA) is 26.6 Å². The van der Waals surface area contributed by atoms with Crippen molar-refractivity contribution in [2.24, 2.45) is 21.1 Å². The molecule has 3 aromatic rings. The Morgan fingerprint density at radius 3 is 2.30 bits per heavy atom. The van der Waals surface area contributed by atoms with Gasteiger partial charge in [-0.1, -0.05) is 12.1 Å². The summed E-state index contributed by atoms with van der Waals surface area (Å²) in [5, 5.41) is 0. The van der Waals surface area contributed by atoms with Gasteiger partial charge < -0.3 is 4.57 Å². The molecule has 0 radical (unpaired) electrons. The van der Waals surface area contributed by atoms with Crippen LogP contribution in [0.15, 0.2) is 18.2 Å². The molecule has 1 aromatic carbocycles. The summed E-state index contributed by atoms with van der Waals surface area (Å²) >= 11 is 0. The fraction of sp³-hybridized carbons (Fsp3) is 0.375. The normalized spacial score (nSPS) is 11.5. The Kier molecular flexibility index (Phi) is 2.71. The molecular weight excluding hydrogens is 248 g/mol. The standard InChI is InChI=1S/C16H21N4/c1-10-8-7-9-13-14(10)20(6)16(19(13)5)15-17-11(2)12(3)18(15)4/h7-9H,1-6H3/q+1. The van der Waals surface area contributed by atoms with Crippen molar-refractivity contribution >= 4 is 11.0 Å². The van der Waals surface area contributed by atoms with Crippen molar-refractivity contribution in [2.75, 3.05) is 0 Å². The molecule has 0 amide bonds. The average Bonchev–Trinajstić information content (AvgIpc) is 2.81. The second-order valence-electron chi connectivity index (χ2n) is 5.55. The Balaban J connectivity index is 2.43. The molecule has 0 atom stereocenters. The molecule has 4 nitrogen and oxygen atoms in total. The SMILES string of the molecule is Cc1nc(-c2n(C)c3cccc(C)c3[n+]2C)n(C)c1C.